The monoisotopic (exact) mass is 281 g/mol. The zero-order valence-electron chi connectivity index (χ0n) is 13.2. The summed E-state index contributed by atoms with van der Waals surface area (Å²) in [6.45, 7) is 8.34. The second-order valence-electron chi connectivity index (χ2n) is 5.19. The van der Waals surface area contributed by atoms with Crippen LogP contribution in [0.4, 0.5) is 4.79 Å². The average molecular weight is 281 g/mol. The van der Waals surface area contributed by atoms with Crippen molar-refractivity contribution >= 4 is 6.03 Å². The van der Waals surface area contributed by atoms with Gasteiger partial charge in [-0.25, -0.2) is 9.78 Å². The van der Waals surface area contributed by atoms with Crippen LogP contribution in [0.5, 0.6) is 0 Å². The van der Waals surface area contributed by atoms with Crippen molar-refractivity contribution in [3.05, 3.63) is 17.7 Å². The summed E-state index contributed by atoms with van der Waals surface area (Å²) >= 11 is 0. The fourth-order valence-corrected chi connectivity index (χ4v) is 2.05. The summed E-state index contributed by atoms with van der Waals surface area (Å²) in [6.07, 6.45) is 2.79. The largest absolute Gasteiger partial charge is 0.345 e. The normalized spacial score (nSPS) is 12.5. The molecule has 0 radical (unpaired) electrons. The maximum atomic E-state index is 12.0. The molecule has 0 aliphatic heterocycles. The van der Waals surface area contributed by atoms with E-state index in [0.717, 1.165) is 24.5 Å². The lowest BCUT2D eigenvalue weighted by Crippen LogP contribution is -2.45. The highest BCUT2D eigenvalue weighted by Gasteiger charge is 2.15. The lowest BCUT2D eigenvalue weighted by atomic mass is 10.2. The summed E-state index contributed by atoms with van der Waals surface area (Å²) in [4.78, 5) is 23.3. The van der Waals surface area contributed by atoms with Gasteiger partial charge in [-0.05, 0) is 26.9 Å². The van der Waals surface area contributed by atoms with E-state index >= 15 is 0 Å². The molecule has 6 heteroatoms. The van der Waals surface area contributed by atoms with Gasteiger partial charge in [0.25, 0.3) is 0 Å². The van der Waals surface area contributed by atoms with Crippen molar-refractivity contribution in [2.45, 2.75) is 39.8 Å². The number of aromatic amines is 1. The first kappa shape index (κ1) is 16.5. The molecule has 1 aromatic rings. The predicted octanol–water partition coefficient (Wildman–Crippen LogP) is 1.59. The molecular weight excluding hydrogens is 254 g/mol. The number of carbonyl (C=O) groups is 1. The zero-order chi connectivity index (χ0) is 15.1. The van der Waals surface area contributed by atoms with Gasteiger partial charge >= 0.3 is 6.03 Å². The summed E-state index contributed by atoms with van der Waals surface area (Å²) in [5.41, 5.74) is 1.00. The van der Waals surface area contributed by atoms with E-state index in [2.05, 4.69) is 41.1 Å². The molecule has 1 atom stereocenters. The summed E-state index contributed by atoms with van der Waals surface area (Å²) in [5, 5.41) is 2.98. The van der Waals surface area contributed by atoms with Gasteiger partial charge in [-0.2, -0.15) is 0 Å². The highest BCUT2D eigenvalue weighted by atomic mass is 16.2. The highest BCUT2D eigenvalue weighted by Crippen LogP contribution is 2.02. The molecule has 0 saturated carbocycles. The zero-order valence-corrected chi connectivity index (χ0v) is 13.2. The van der Waals surface area contributed by atoms with Crippen LogP contribution in [0, 0.1) is 6.92 Å². The number of H-pyrrole nitrogens is 1. The number of aryl methyl sites for hydroxylation is 1. The number of hydrogen-bond donors (Lipinski definition) is 2. The molecule has 0 fully saturated rings. The van der Waals surface area contributed by atoms with Gasteiger partial charge in [0.2, 0.25) is 0 Å². The van der Waals surface area contributed by atoms with Crippen molar-refractivity contribution in [3.63, 3.8) is 0 Å². The molecular formula is C14H27N5O. The van der Waals surface area contributed by atoms with Crippen molar-refractivity contribution in [3.8, 4) is 0 Å². The summed E-state index contributed by atoms with van der Waals surface area (Å²) in [5.74, 6) is 0.804. The Labute approximate surface area is 121 Å². The van der Waals surface area contributed by atoms with Gasteiger partial charge in [0.1, 0.15) is 5.82 Å². The second kappa shape index (κ2) is 7.89. The van der Waals surface area contributed by atoms with Crippen LogP contribution in [0.2, 0.25) is 0 Å². The summed E-state index contributed by atoms with van der Waals surface area (Å²) in [6, 6.07) is 0.310. The van der Waals surface area contributed by atoms with Gasteiger partial charge in [0.15, 0.2) is 0 Å². The maximum absolute atomic E-state index is 12.0. The van der Waals surface area contributed by atoms with Crippen LogP contribution in [-0.2, 0) is 6.54 Å². The summed E-state index contributed by atoms with van der Waals surface area (Å²) in [7, 11) is 3.85. The van der Waals surface area contributed by atoms with E-state index in [4.69, 9.17) is 0 Å². The summed E-state index contributed by atoms with van der Waals surface area (Å²) < 4.78 is 0. The molecule has 0 unspecified atom stereocenters. The molecule has 0 aliphatic carbocycles. The number of carbonyl (C=O) groups excluding carboxylic acids is 1. The van der Waals surface area contributed by atoms with E-state index in [1.165, 1.54) is 0 Å². The first-order valence-corrected chi connectivity index (χ1v) is 7.17. The van der Waals surface area contributed by atoms with Gasteiger partial charge in [0.05, 0.1) is 6.54 Å². The fourth-order valence-electron chi connectivity index (χ4n) is 2.05. The quantitative estimate of drug-likeness (QED) is 0.797. The lowest BCUT2D eigenvalue weighted by Gasteiger charge is -2.27. The molecule has 6 nitrogen and oxygen atoms in total. The van der Waals surface area contributed by atoms with Crippen LogP contribution in [0.3, 0.4) is 0 Å². The van der Waals surface area contributed by atoms with Crippen LogP contribution in [0.25, 0.3) is 0 Å². The first-order valence-electron chi connectivity index (χ1n) is 7.17. The third kappa shape index (κ3) is 4.85. The SMILES string of the molecule is CC[C@@H](CNC(=O)N(C)Cc1ncc(C)[nH]1)N(C)CC. The van der Waals surface area contributed by atoms with E-state index in [1.54, 1.807) is 18.1 Å². The van der Waals surface area contributed by atoms with Gasteiger partial charge < -0.3 is 20.1 Å². The maximum Gasteiger partial charge on any atom is 0.317 e. The van der Waals surface area contributed by atoms with Crippen LogP contribution in [0.1, 0.15) is 31.8 Å². The van der Waals surface area contributed by atoms with Crippen molar-refractivity contribution in [1.82, 2.24) is 25.1 Å². The van der Waals surface area contributed by atoms with Gasteiger partial charge in [-0.15, -0.1) is 0 Å². The highest BCUT2D eigenvalue weighted by molar-refractivity contribution is 5.73. The Balaban J connectivity index is 2.41. The number of nitrogens with one attached hydrogen (secondary N) is 2. The molecule has 2 amide bonds. The standard InChI is InChI=1S/C14H27N5O/c1-6-12(18(4)7-2)9-16-14(20)19(5)10-13-15-8-11(3)17-13/h8,12H,6-7,9-10H2,1-5H3,(H,15,17)(H,16,20)/t12-/m0/s1. The van der Waals surface area contributed by atoms with Crippen molar-refractivity contribution < 1.29 is 4.79 Å². The number of hydrogen-bond acceptors (Lipinski definition) is 3. The predicted molar refractivity (Wildman–Crippen MR) is 80.6 cm³/mol. The number of urea groups is 1. The van der Waals surface area contributed by atoms with Gasteiger partial charge in [-0.3, -0.25) is 0 Å². The van der Waals surface area contributed by atoms with Crippen LogP contribution < -0.4 is 5.32 Å². The first-order chi connectivity index (χ1) is 9.47. The number of rotatable bonds is 7. The molecule has 20 heavy (non-hydrogen) atoms. The minimum atomic E-state index is -0.0676. The number of aromatic nitrogens is 2. The van der Waals surface area contributed by atoms with E-state index in [9.17, 15) is 4.79 Å². The molecule has 1 aromatic heterocycles. The van der Waals surface area contributed by atoms with E-state index in [0.29, 0.717) is 19.1 Å². The Kier molecular flexibility index (Phi) is 6.51. The molecule has 114 valence electrons. The Bertz CT molecular complexity index is 417. The number of imidazole rings is 1. The number of nitrogens with zero attached hydrogens (tertiary/aromatic N) is 3. The van der Waals surface area contributed by atoms with Crippen molar-refractivity contribution in [2.75, 3.05) is 27.2 Å². The number of likely N-dealkylation sites (N-methyl/N-ethyl adjacent to an activating group) is 1. The molecule has 1 rings (SSSR count). The van der Waals surface area contributed by atoms with E-state index in [-0.39, 0.29) is 6.03 Å². The molecule has 0 aliphatic rings. The van der Waals surface area contributed by atoms with Crippen LogP contribution in [-0.4, -0.2) is 59.0 Å². The third-order valence-corrected chi connectivity index (χ3v) is 3.57. The van der Waals surface area contributed by atoms with E-state index in [1.807, 2.05) is 6.92 Å². The Hall–Kier alpha value is -1.56. The number of amides is 2. The minimum absolute atomic E-state index is 0.0676. The Morgan fingerprint density at radius 1 is 1.45 bits per heavy atom. The Morgan fingerprint density at radius 3 is 2.65 bits per heavy atom. The Morgan fingerprint density at radius 2 is 2.15 bits per heavy atom. The van der Waals surface area contributed by atoms with Crippen LogP contribution >= 0.6 is 0 Å². The van der Waals surface area contributed by atoms with Crippen LogP contribution in [0.15, 0.2) is 6.20 Å². The minimum Gasteiger partial charge on any atom is -0.345 e. The fraction of sp³-hybridized carbons (Fsp3) is 0.714. The van der Waals surface area contributed by atoms with Crippen molar-refractivity contribution in [2.24, 2.45) is 0 Å². The molecule has 0 aromatic carbocycles. The van der Waals surface area contributed by atoms with E-state index < -0.39 is 0 Å². The molecule has 0 saturated heterocycles. The molecule has 1 heterocycles. The topological polar surface area (TPSA) is 64.3 Å². The smallest absolute Gasteiger partial charge is 0.317 e. The van der Waals surface area contributed by atoms with Gasteiger partial charge in [0, 0.05) is 31.5 Å². The molecule has 2 N–H and O–H groups in total. The van der Waals surface area contributed by atoms with Crippen molar-refractivity contribution in [1.29, 1.82) is 0 Å². The second-order valence-corrected chi connectivity index (χ2v) is 5.19. The molecule has 0 bridgehead atoms. The van der Waals surface area contributed by atoms with Gasteiger partial charge in [-0.1, -0.05) is 13.8 Å². The average Bonchev–Trinajstić information content (AvgIpc) is 2.83. The third-order valence-electron chi connectivity index (χ3n) is 3.57. The lowest BCUT2D eigenvalue weighted by molar-refractivity contribution is 0.195. The molecule has 0 spiro atoms.